The molecular formula is C28H41N3O2. The lowest BCUT2D eigenvalue weighted by atomic mass is 9.53. The van der Waals surface area contributed by atoms with Crippen LogP contribution >= 0.6 is 0 Å². The van der Waals surface area contributed by atoms with E-state index in [0.717, 1.165) is 66.8 Å². The predicted molar refractivity (Wildman–Crippen MR) is 127 cm³/mol. The average Bonchev–Trinajstić information content (AvgIpc) is 3.43. The van der Waals surface area contributed by atoms with Crippen LogP contribution in [0.2, 0.25) is 0 Å². The minimum atomic E-state index is 0.0521. The van der Waals surface area contributed by atoms with Gasteiger partial charge in [-0.2, -0.15) is 0 Å². The van der Waals surface area contributed by atoms with Gasteiger partial charge in [-0.25, -0.2) is 4.63 Å². The van der Waals surface area contributed by atoms with E-state index in [-0.39, 0.29) is 5.60 Å². The van der Waals surface area contributed by atoms with Crippen LogP contribution in [0.5, 0.6) is 0 Å². The topological polar surface area (TPSA) is 60.2 Å². The molecule has 4 aliphatic carbocycles. The standard InChI is InChI=1S/C28H41N3O2/c1-15-9-25-26(29-14-15)17(3)28(32-25)8-7-19-20-6-5-18-10-23-24(31-33-30-23)13-27(18,4)22(20)11-21(19)16(2)12-28/h15,17-20,22,25-26,29H,5-14H2,1-4H3/t15-,17+,18+,19-,20-,22-,25+,26-,27-,28-/m0/s1. The monoisotopic (exact) mass is 451 g/mol. The summed E-state index contributed by atoms with van der Waals surface area (Å²) in [5.74, 6) is 4.47. The number of hydrogen-bond acceptors (Lipinski definition) is 5. The number of piperidine rings is 1. The van der Waals surface area contributed by atoms with Gasteiger partial charge in [0, 0.05) is 18.4 Å². The lowest BCUT2D eigenvalue weighted by molar-refractivity contribution is -0.0733. The van der Waals surface area contributed by atoms with Crippen molar-refractivity contribution in [3.63, 3.8) is 0 Å². The number of hydrogen-bond donors (Lipinski definition) is 1. The zero-order valence-corrected chi connectivity index (χ0v) is 20.9. The zero-order chi connectivity index (χ0) is 22.5. The van der Waals surface area contributed by atoms with E-state index in [2.05, 4.69) is 43.3 Å². The lowest BCUT2D eigenvalue weighted by Crippen LogP contribution is -2.48. The lowest BCUT2D eigenvalue weighted by Gasteiger charge is -2.51. The van der Waals surface area contributed by atoms with Gasteiger partial charge in [-0.1, -0.05) is 42.2 Å². The summed E-state index contributed by atoms with van der Waals surface area (Å²) in [5, 5.41) is 12.4. The molecule has 0 bridgehead atoms. The summed E-state index contributed by atoms with van der Waals surface area (Å²) < 4.78 is 12.2. The number of nitrogens with zero attached hydrogens (tertiary/aromatic N) is 2. The SMILES string of the molecule is CC1=C2C[C@H]3[C@@H](CC[C@@H]4Cc5nonc5C[C@@]43C)[C@@H]2CC[C@@]2(C1)O[C@@H]1C[C@H](C)CN[C@H]1[C@H]2C. The molecule has 1 N–H and O–H groups in total. The van der Waals surface area contributed by atoms with Gasteiger partial charge in [-0.3, -0.25) is 0 Å². The van der Waals surface area contributed by atoms with Crippen molar-refractivity contribution in [3.05, 3.63) is 22.5 Å². The van der Waals surface area contributed by atoms with Crippen molar-refractivity contribution in [2.75, 3.05) is 6.54 Å². The van der Waals surface area contributed by atoms with Gasteiger partial charge in [-0.05, 0) is 99.8 Å². The molecule has 1 aromatic heterocycles. The first-order valence-electron chi connectivity index (χ1n) is 13.8. The molecule has 5 nitrogen and oxygen atoms in total. The van der Waals surface area contributed by atoms with Crippen molar-refractivity contribution in [3.8, 4) is 0 Å². The van der Waals surface area contributed by atoms with Gasteiger partial charge in [0.25, 0.3) is 0 Å². The minimum Gasteiger partial charge on any atom is -0.369 e. The molecule has 7 rings (SSSR count). The highest BCUT2D eigenvalue weighted by Crippen LogP contribution is 2.64. The Labute approximate surface area is 198 Å². The van der Waals surface area contributed by atoms with Crippen LogP contribution in [0.25, 0.3) is 0 Å². The Morgan fingerprint density at radius 2 is 1.88 bits per heavy atom. The van der Waals surface area contributed by atoms with Crippen molar-refractivity contribution in [1.82, 2.24) is 15.6 Å². The van der Waals surface area contributed by atoms with E-state index in [4.69, 9.17) is 9.37 Å². The molecular weight excluding hydrogens is 410 g/mol. The van der Waals surface area contributed by atoms with Gasteiger partial charge in [0.1, 0.15) is 11.4 Å². The Morgan fingerprint density at radius 1 is 1.03 bits per heavy atom. The van der Waals surface area contributed by atoms with Crippen LogP contribution in [-0.4, -0.2) is 34.6 Å². The zero-order valence-electron chi connectivity index (χ0n) is 20.9. The molecule has 0 radical (unpaired) electrons. The van der Waals surface area contributed by atoms with E-state index in [0.29, 0.717) is 23.5 Å². The first kappa shape index (κ1) is 21.1. The molecule has 2 aliphatic heterocycles. The van der Waals surface area contributed by atoms with E-state index in [1.807, 2.05) is 5.57 Å². The summed E-state index contributed by atoms with van der Waals surface area (Å²) in [6.07, 6.45) is 11.5. The fraction of sp³-hybridized carbons (Fsp3) is 0.857. The van der Waals surface area contributed by atoms with Crippen LogP contribution in [0, 0.1) is 40.9 Å². The number of fused-ring (bicyclic) bond motifs is 7. The van der Waals surface area contributed by atoms with Crippen molar-refractivity contribution < 1.29 is 9.37 Å². The first-order chi connectivity index (χ1) is 15.9. The molecule has 0 unspecified atom stereocenters. The van der Waals surface area contributed by atoms with Crippen molar-refractivity contribution in [2.45, 2.75) is 103 Å². The second-order valence-electron chi connectivity index (χ2n) is 13.2. The smallest absolute Gasteiger partial charge is 0.108 e. The second-order valence-corrected chi connectivity index (χ2v) is 13.2. The highest BCUT2D eigenvalue weighted by atomic mass is 16.6. The molecule has 33 heavy (non-hydrogen) atoms. The third kappa shape index (κ3) is 2.90. The Hall–Kier alpha value is -1.20. The highest BCUT2D eigenvalue weighted by Gasteiger charge is 2.59. The van der Waals surface area contributed by atoms with Gasteiger partial charge >= 0.3 is 0 Å². The fourth-order valence-corrected chi connectivity index (χ4v) is 9.82. The van der Waals surface area contributed by atoms with Crippen LogP contribution in [0.3, 0.4) is 0 Å². The molecule has 1 aromatic rings. The van der Waals surface area contributed by atoms with Crippen LogP contribution in [0.15, 0.2) is 15.8 Å². The second kappa shape index (κ2) is 7.16. The molecule has 2 saturated carbocycles. The van der Waals surface area contributed by atoms with Crippen LogP contribution in [0.4, 0.5) is 0 Å². The van der Waals surface area contributed by atoms with Crippen molar-refractivity contribution in [1.29, 1.82) is 0 Å². The van der Waals surface area contributed by atoms with Crippen LogP contribution in [-0.2, 0) is 17.6 Å². The van der Waals surface area contributed by atoms with Gasteiger partial charge < -0.3 is 10.1 Å². The highest BCUT2D eigenvalue weighted by molar-refractivity contribution is 5.30. The molecule has 1 spiro atoms. The molecule has 2 saturated heterocycles. The summed E-state index contributed by atoms with van der Waals surface area (Å²) in [6.45, 7) is 11.0. The summed E-state index contributed by atoms with van der Waals surface area (Å²) in [5.41, 5.74) is 6.17. The van der Waals surface area contributed by atoms with E-state index >= 15 is 0 Å². The number of rotatable bonds is 0. The predicted octanol–water partition coefficient (Wildman–Crippen LogP) is 5.11. The van der Waals surface area contributed by atoms with Gasteiger partial charge in [-0.15, -0.1) is 0 Å². The number of aromatic nitrogens is 2. The third-order valence-corrected chi connectivity index (χ3v) is 11.7. The van der Waals surface area contributed by atoms with Crippen molar-refractivity contribution >= 4 is 0 Å². The Morgan fingerprint density at radius 3 is 2.76 bits per heavy atom. The van der Waals surface area contributed by atoms with Gasteiger partial charge in [0.2, 0.25) is 0 Å². The average molecular weight is 452 g/mol. The summed E-state index contributed by atoms with van der Waals surface area (Å²) >= 11 is 0. The molecule has 3 heterocycles. The van der Waals surface area contributed by atoms with Gasteiger partial charge in [0.05, 0.1) is 11.7 Å². The van der Waals surface area contributed by atoms with Gasteiger partial charge in [0.15, 0.2) is 0 Å². The quantitative estimate of drug-likeness (QED) is 0.556. The minimum absolute atomic E-state index is 0.0521. The Bertz CT molecular complexity index is 986. The van der Waals surface area contributed by atoms with E-state index in [9.17, 15) is 0 Å². The number of allylic oxidation sites excluding steroid dienone is 1. The Balaban J connectivity index is 1.19. The van der Waals surface area contributed by atoms with Crippen LogP contribution < -0.4 is 5.32 Å². The van der Waals surface area contributed by atoms with Crippen LogP contribution in [0.1, 0.15) is 84.0 Å². The molecule has 10 atom stereocenters. The van der Waals surface area contributed by atoms with E-state index < -0.39 is 0 Å². The first-order valence-corrected chi connectivity index (χ1v) is 13.8. The van der Waals surface area contributed by atoms with E-state index in [1.54, 1.807) is 5.57 Å². The Kier molecular flexibility index (Phi) is 4.58. The molecule has 0 amide bonds. The molecule has 5 heteroatoms. The fourth-order valence-electron chi connectivity index (χ4n) is 9.82. The summed E-state index contributed by atoms with van der Waals surface area (Å²) in [7, 11) is 0. The maximum Gasteiger partial charge on any atom is 0.108 e. The third-order valence-electron chi connectivity index (χ3n) is 11.7. The maximum atomic E-state index is 7.04. The molecule has 6 aliphatic rings. The number of ether oxygens (including phenoxy) is 1. The largest absolute Gasteiger partial charge is 0.369 e. The summed E-state index contributed by atoms with van der Waals surface area (Å²) in [6, 6.07) is 0.548. The maximum absolute atomic E-state index is 7.04. The molecule has 0 aromatic carbocycles. The molecule has 180 valence electrons. The molecule has 4 fully saturated rings. The van der Waals surface area contributed by atoms with E-state index in [1.165, 1.54) is 38.5 Å². The summed E-state index contributed by atoms with van der Waals surface area (Å²) in [4.78, 5) is 0. The normalized spacial score (nSPS) is 50.9. The van der Waals surface area contributed by atoms with Crippen molar-refractivity contribution in [2.24, 2.45) is 40.9 Å². The number of nitrogens with one attached hydrogen (secondary N) is 1.